The minimum Gasteiger partial charge on any atom is -0.385 e. The molecule has 156 valence electrons. The predicted molar refractivity (Wildman–Crippen MR) is 118 cm³/mol. The summed E-state index contributed by atoms with van der Waals surface area (Å²) < 4.78 is 2.03. The van der Waals surface area contributed by atoms with Crippen LogP contribution in [0.3, 0.4) is 0 Å². The standard InChI is InChI=1S/C21H29N5O2S/c1-13(2)19(28)18(27)8-6-5-7-11-22-20-21-25-24-14(3)26(21)17-10-9-15(29-4)12-16(17)23-20/h9-10,12-13,19,28H,5-8,11H2,1-4H3,(H,22,23)/t19-/m0/s1. The highest BCUT2D eigenvalue weighted by atomic mass is 32.2. The van der Waals surface area contributed by atoms with Gasteiger partial charge >= 0.3 is 0 Å². The summed E-state index contributed by atoms with van der Waals surface area (Å²) in [4.78, 5) is 17.8. The first-order valence-corrected chi connectivity index (χ1v) is 11.3. The molecule has 1 atom stereocenters. The number of hydrogen-bond donors (Lipinski definition) is 2. The second-order valence-electron chi connectivity index (χ2n) is 7.61. The van der Waals surface area contributed by atoms with E-state index in [-0.39, 0.29) is 11.7 Å². The van der Waals surface area contributed by atoms with Crippen LogP contribution in [0.25, 0.3) is 16.7 Å². The molecule has 3 aromatic rings. The third-order valence-corrected chi connectivity index (χ3v) is 5.77. The van der Waals surface area contributed by atoms with Crippen LogP contribution >= 0.6 is 11.8 Å². The molecule has 8 heteroatoms. The van der Waals surface area contributed by atoms with Gasteiger partial charge in [-0.3, -0.25) is 9.20 Å². The number of aliphatic hydroxyl groups is 1. The minimum absolute atomic E-state index is 0.0243. The van der Waals surface area contributed by atoms with Crippen LogP contribution < -0.4 is 5.32 Å². The van der Waals surface area contributed by atoms with Crippen LogP contribution in [0.15, 0.2) is 23.1 Å². The average molecular weight is 416 g/mol. The van der Waals surface area contributed by atoms with Crippen molar-refractivity contribution in [3.8, 4) is 0 Å². The van der Waals surface area contributed by atoms with Gasteiger partial charge in [0, 0.05) is 17.9 Å². The normalized spacial score (nSPS) is 12.8. The van der Waals surface area contributed by atoms with Crippen molar-refractivity contribution in [3.63, 3.8) is 0 Å². The zero-order chi connectivity index (χ0) is 21.0. The van der Waals surface area contributed by atoms with E-state index in [0.717, 1.165) is 59.0 Å². The SMILES string of the molecule is CSc1ccc2c(c1)nc(NCCCCCC(=O)[C@@H](O)C(C)C)c1nnc(C)n12. The highest BCUT2D eigenvalue weighted by Crippen LogP contribution is 2.25. The lowest BCUT2D eigenvalue weighted by Gasteiger charge is -2.13. The van der Waals surface area contributed by atoms with Gasteiger partial charge in [-0.05, 0) is 50.1 Å². The summed E-state index contributed by atoms with van der Waals surface area (Å²) in [6.45, 7) is 6.40. The van der Waals surface area contributed by atoms with E-state index in [1.165, 1.54) is 0 Å². The van der Waals surface area contributed by atoms with Crippen molar-refractivity contribution >= 4 is 40.0 Å². The van der Waals surface area contributed by atoms with Gasteiger partial charge in [-0.25, -0.2) is 4.98 Å². The number of unbranched alkanes of at least 4 members (excludes halogenated alkanes) is 2. The molecule has 0 saturated heterocycles. The molecule has 0 amide bonds. The lowest BCUT2D eigenvalue weighted by atomic mass is 9.99. The first kappa shape index (κ1) is 21.5. The number of fused-ring (bicyclic) bond motifs is 3. The van der Waals surface area contributed by atoms with Gasteiger partial charge in [0.2, 0.25) is 5.65 Å². The molecule has 1 aromatic carbocycles. The van der Waals surface area contributed by atoms with Gasteiger partial charge in [-0.2, -0.15) is 0 Å². The number of aromatic nitrogens is 4. The highest BCUT2D eigenvalue weighted by Gasteiger charge is 2.18. The van der Waals surface area contributed by atoms with Crippen LogP contribution in [0.4, 0.5) is 5.82 Å². The van der Waals surface area contributed by atoms with Crippen LogP contribution in [0.5, 0.6) is 0 Å². The second-order valence-corrected chi connectivity index (χ2v) is 8.49. The Morgan fingerprint density at radius 2 is 2.03 bits per heavy atom. The fourth-order valence-electron chi connectivity index (χ4n) is 3.33. The number of hydrogen-bond acceptors (Lipinski definition) is 7. The number of Topliss-reactive ketones (excluding diaryl/α,β-unsaturated/α-hetero) is 1. The Bertz CT molecular complexity index is 1000. The van der Waals surface area contributed by atoms with Crippen LogP contribution in [-0.2, 0) is 4.79 Å². The molecule has 7 nitrogen and oxygen atoms in total. The molecule has 29 heavy (non-hydrogen) atoms. The average Bonchev–Trinajstić information content (AvgIpc) is 3.11. The van der Waals surface area contributed by atoms with Gasteiger partial charge in [0.05, 0.1) is 11.0 Å². The van der Waals surface area contributed by atoms with Crippen molar-refractivity contribution in [2.75, 3.05) is 18.1 Å². The molecule has 0 radical (unpaired) electrons. The van der Waals surface area contributed by atoms with E-state index < -0.39 is 6.10 Å². The lowest BCUT2D eigenvalue weighted by molar-refractivity contribution is -0.129. The molecule has 0 aliphatic carbocycles. The van der Waals surface area contributed by atoms with Gasteiger partial charge in [0.1, 0.15) is 11.9 Å². The Kier molecular flexibility index (Phi) is 7.08. The third kappa shape index (κ3) is 4.87. The number of anilines is 1. The number of rotatable bonds is 10. The molecule has 2 heterocycles. The first-order chi connectivity index (χ1) is 13.9. The molecule has 0 spiro atoms. The summed E-state index contributed by atoms with van der Waals surface area (Å²) in [7, 11) is 0. The topological polar surface area (TPSA) is 92.4 Å². The first-order valence-electron chi connectivity index (χ1n) is 10.1. The van der Waals surface area contributed by atoms with Crippen LogP contribution in [-0.4, -0.2) is 49.4 Å². The fourth-order valence-corrected chi connectivity index (χ4v) is 3.76. The molecule has 0 fully saturated rings. The van der Waals surface area contributed by atoms with Crippen molar-refractivity contribution in [3.05, 3.63) is 24.0 Å². The maximum atomic E-state index is 11.9. The second kappa shape index (κ2) is 9.54. The van der Waals surface area contributed by atoms with E-state index in [9.17, 15) is 9.90 Å². The van der Waals surface area contributed by atoms with Crippen LogP contribution in [0.2, 0.25) is 0 Å². The number of carbonyl (C=O) groups excluding carboxylic acids is 1. The van der Waals surface area contributed by atoms with Crippen molar-refractivity contribution in [1.29, 1.82) is 0 Å². The summed E-state index contributed by atoms with van der Waals surface area (Å²) in [5.41, 5.74) is 2.62. The van der Waals surface area contributed by atoms with Gasteiger partial charge in [-0.15, -0.1) is 22.0 Å². The smallest absolute Gasteiger partial charge is 0.204 e. The number of aliphatic hydroxyl groups excluding tert-OH is 1. The molecular formula is C21H29N5O2S. The molecule has 0 unspecified atom stereocenters. The monoisotopic (exact) mass is 415 g/mol. The number of ketones is 1. The fraction of sp³-hybridized carbons (Fsp3) is 0.524. The Labute approximate surface area is 175 Å². The number of nitrogens with zero attached hydrogens (tertiary/aromatic N) is 4. The quantitative estimate of drug-likeness (QED) is 0.384. The molecule has 3 rings (SSSR count). The van der Waals surface area contributed by atoms with Crippen LogP contribution in [0, 0.1) is 12.8 Å². The molecule has 2 aromatic heterocycles. The number of thioether (sulfide) groups is 1. The molecule has 0 aliphatic heterocycles. The summed E-state index contributed by atoms with van der Waals surface area (Å²) in [6, 6.07) is 6.22. The van der Waals surface area contributed by atoms with Gasteiger partial charge in [0.15, 0.2) is 11.6 Å². The van der Waals surface area contributed by atoms with E-state index in [1.807, 2.05) is 31.4 Å². The van der Waals surface area contributed by atoms with E-state index >= 15 is 0 Å². The maximum absolute atomic E-state index is 11.9. The zero-order valence-corrected chi connectivity index (χ0v) is 18.3. The summed E-state index contributed by atoms with van der Waals surface area (Å²) in [6.07, 6.45) is 4.24. The molecule has 0 bridgehead atoms. The third-order valence-electron chi connectivity index (χ3n) is 5.05. The van der Waals surface area contributed by atoms with E-state index in [1.54, 1.807) is 11.8 Å². The van der Waals surface area contributed by atoms with Gasteiger partial charge < -0.3 is 10.4 Å². The predicted octanol–water partition coefficient (Wildman–Crippen LogP) is 3.87. The number of aryl methyl sites for hydroxylation is 1. The maximum Gasteiger partial charge on any atom is 0.204 e. The Balaban J connectivity index is 1.63. The molecule has 0 saturated carbocycles. The summed E-state index contributed by atoms with van der Waals surface area (Å²) >= 11 is 1.69. The number of benzene rings is 1. The molecular weight excluding hydrogens is 386 g/mol. The van der Waals surface area contributed by atoms with Crippen molar-refractivity contribution < 1.29 is 9.90 Å². The minimum atomic E-state index is -0.842. The van der Waals surface area contributed by atoms with Crippen molar-refractivity contribution in [2.45, 2.75) is 57.5 Å². The van der Waals surface area contributed by atoms with E-state index in [4.69, 9.17) is 4.98 Å². The Morgan fingerprint density at radius 3 is 2.76 bits per heavy atom. The Morgan fingerprint density at radius 1 is 1.24 bits per heavy atom. The van der Waals surface area contributed by atoms with Crippen molar-refractivity contribution in [2.24, 2.45) is 5.92 Å². The Hall–Kier alpha value is -2.19. The molecule has 2 N–H and O–H groups in total. The van der Waals surface area contributed by atoms with Gasteiger partial charge in [-0.1, -0.05) is 20.3 Å². The van der Waals surface area contributed by atoms with Crippen LogP contribution in [0.1, 0.15) is 45.4 Å². The molecule has 0 aliphatic rings. The lowest BCUT2D eigenvalue weighted by Crippen LogP contribution is -2.25. The highest BCUT2D eigenvalue weighted by molar-refractivity contribution is 7.98. The number of carbonyl (C=O) groups is 1. The number of nitrogens with one attached hydrogen (secondary N) is 1. The van der Waals surface area contributed by atoms with E-state index in [0.29, 0.717) is 6.42 Å². The zero-order valence-electron chi connectivity index (χ0n) is 17.5. The summed E-state index contributed by atoms with van der Waals surface area (Å²) in [5, 5.41) is 21.7. The summed E-state index contributed by atoms with van der Waals surface area (Å²) in [5.74, 6) is 1.47. The van der Waals surface area contributed by atoms with E-state index in [2.05, 4.69) is 33.7 Å². The largest absolute Gasteiger partial charge is 0.385 e. The van der Waals surface area contributed by atoms with Crippen molar-refractivity contribution in [1.82, 2.24) is 19.6 Å². The van der Waals surface area contributed by atoms with Gasteiger partial charge in [0.25, 0.3) is 0 Å².